The molecular formula is C28H25N3O5S. The summed E-state index contributed by atoms with van der Waals surface area (Å²) in [6.45, 7) is 0.434. The first kappa shape index (κ1) is 25.5. The van der Waals surface area contributed by atoms with Crippen molar-refractivity contribution in [3.8, 4) is 11.5 Å². The molecule has 0 aliphatic rings. The van der Waals surface area contributed by atoms with Gasteiger partial charge >= 0.3 is 0 Å². The number of carbonyl (C=O) groups is 1. The second-order valence-electron chi connectivity index (χ2n) is 7.88. The molecule has 0 saturated carbocycles. The molecule has 0 radical (unpaired) electrons. The van der Waals surface area contributed by atoms with E-state index in [-0.39, 0.29) is 10.5 Å². The van der Waals surface area contributed by atoms with Gasteiger partial charge in [-0.1, -0.05) is 60.7 Å². The molecule has 0 atom stereocenters. The van der Waals surface area contributed by atoms with E-state index in [1.54, 1.807) is 30.3 Å². The predicted molar refractivity (Wildman–Crippen MR) is 143 cm³/mol. The minimum absolute atomic E-state index is 0.0710. The van der Waals surface area contributed by atoms with Crippen LogP contribution in [0.5, 0.6) is 11.5 Å². The molecule has 8 nitrogen and oxygen atoms in total. The van der Waals surface area contributed by atoms with E-state index in [0.29, 0.717) is 23.8 Å². The molecular weight excluding hydrogens is 490 g/mol. The Morgan fingerprint density at radius 3 is 2.46 bits per heavy atom. The van der Waals surface area contributed by atoms with Gasteiger partial charge in [0.15, 0.2) is 0 Å². The minimum atomic E-state index is -3.96. The summed E-state index contributed by atoms with van der Waals surface area (Å²) in [5.74, 6) is 0.491. The lowest BCUT2D eigenvalue weighted by molar-refractivity contribution is 0.0955. The number of para-hydroxylation sites is 2. The molecule has 9 heteroatoms. The quantitative estimate of drug-likeness (QED) is 0.232. The second-order valence-corrected chi connectivity index (χ2v) is 9.56. The summed E-state index contributed by atoms with van der Waals surface area (Å²) >= 11 is 0. The molecule has 0 unspecified atom stereocenters. The molecule has 37 heavy (non-hydrogen) atoms. The number of anilines is 1. The molecule has 4 aromatic rings. The number of nitrogens with zero attached hydrogens (tertiary/aromatic N) is 1. The summed E-state index contributed by atoms with van der Waals surface area (Å²) in [6.07, 6.45) is 1.48. The third-order valence-corrected chi connectivity index (χ3v) is 6.61. The predicted octanol–water partition coefficient (Wildman–Crippen LogP) is 4.84. The molecule has 0 aromatic heterocycles. The van der Waals surface area contributed by atoms with Crippen LogP contribution in [0.25, 0.3) is 0 Å². The Morgan fingerprint density at radius 2 is 1.65 bits per heavy atom. The molecule has 0 spiro atoms. The number of ether oxygens (including phenoxy) is 2. The van der Waals surface area contributed by atoms with Crippen LogP contribution in [0.4, 0.5) is 5.69 Å². The fourth-order valence-corrected chi connectivity index (χ4v) is 4.51. The van der Waals surface area contributed by atoms with Crippen molar-refractivity contribution >= 4 is 27.8 Å². The van der Waals surface area contributed by atoms with Gasteiger partial charge in [0.2, 0.25) is 0 Å². The van der Waals surface area contributed by atoms with E-state index >= 15 is 0 Å². The van der Waals surface area contributed by atoms with Crippen LogP contribution in [-0.4, -0.2) is 27.6 Å². The van der Waals surface area contributed by atoms with Gasteiger partial charge in [0, 0.05) is 5.56 Å². The van der Waals surface area contributed by atoms with E-state index in [1.807, 2.05) is 48.5 Å². The molecule has 0 aliphatic heterocycles. The number of rotatable bonds is 10. The van der Waals surface area contributed by atoms with Gasteiger partial charge < -0.3 is 9.47 Å². The Kier molecular flexibility index (Phi) is 8.17. The van der Waals surface area contributed by atoms with E-state index in [4.69, 9.17) is 9.47 Å². The summed E-state index contributed by atoms with van der Waals surface area (Å²) < 4.78 is 39.3. The Morgan fingerprint density at radius 1 is 0.892 bits per heavy atom. The van der Waals surface area contributed by atoms with Crippen LogP contribution < -0.4 is 19.6 Å². The average molecular weight is 516 g/mol. The first-order valence-corrected chi connectivity index (χ1v) is 12.8. The number of hydrogen-bond donors (Lipinski definition) is 2. The largest absolute Gasteiger partial charge is 0.495 e. The number of hydrogen-bond acceptors (Lipinski definition) is 6. The number of amides is 1. The highest BCUT2D eigenvalue weighted by atomic mass is 32.2. The lowest BCUT2D eigenvalue weighted by Crippen LogP contribution is -2.19. The van der Waals surface area contributed by atoms with E-state index < -0.39 is 15.9 Å². The van der Waals surface area contributed by atoms with Crippen molar-refractivity contribution in [2.45, 2.75) is 11.5 Å². The van der Waals surface area contributed by atoms with Crippen LogP contribution in [0.15, 0.2) is 113 Å². The van der Waals surface area contributed by atoms with Crippen LogP contribution in [0.3, 0.4) is 0 Å². The maximum atomic E-state index is 12.9. The summed E-state index contributed by atoms with van der Waals surface area (Å²) in [5.41, 5.74) is 4.63. The van der Waals surface area contributed by atoms with Crippen molar-refractivity contribution in [1.29, 1.82) is 0 Å². The van der Waals surface area contributed by atoms with Gasteiger partial charge in [0.25, 0.3) is 15.9 Å². The summed E-state index contributed by atoms with van der Waals surface area (Å²) in [6, 6.07) is 29.4. The first-order valence-electron chi connectivity index (χ1n) is 11.3. The highest BCUT2D eigenvalue weighted by Crippen LogP contribution is 2.26. The average Bonchev–Trinajstić information content (AvgIpc) is 2.93. The Balaban J connectivity index is 1.39. The summed E-state index contributed by atoms with van der Waals surface area (Å²) in [7, 11) is -2.51. The summed E-state index contributed by atoms with van der Waals surface area (Å²) in [5, 5.41) is 4.00. The molecule has 1 amide bonds. The van der Waals surface area contributed by atoms with Gasteiger partial charge in [-0.3, -0.25) is 9.52 Å². The molecule has 0 heterocycles. The number of nitrogens with one attached hydrogen (secondary N) is 2. The van der Waals surface area contributed by atoms with Crippen LogP contribution in [0, 0.1) is 0 Å². The van der Waals surface area contributed by atoms with Crippen LogP contribution in [0.1, 0.15) is 21.5 Å². The zero-order valence-corrected chi connectivity index (χ0v) is 20.8. The number of benzene rings is 4. The van der Waals surface area contributed by atoms with Crippen molar-refractivity contribution in [3.63, 3.8) is 0 Å². The second kappa shape index (κ2) is 11.9. The van der Waals surface area contributed by atoms with E-state index in [9.17, 15) is 13.2 Å². The lowest BCUT2D eigenvalue weighted by Gasteiger charge is -2.12. The van der Waals surface area contributed by atoms with Crippen molar-refractivity contribution in [3.05, 3.63) is 120 Å². The normalized spacial score (nSPS) is 11.2. The van der Waals surface area contributed by atoms with E-state index in [2.05, 4.69) is 15.2 Å². The zero-order chi connectivity index (χ0) is 26.1. The van der Waals surface area contributed by atoms with Crippen molar-refractivity contribution < 1.29 is 22.7 Å². The Labute approximate surface area is 215 Å². The van der Waals surface area contributed by atoms with Gasteiger partial charge in [-0.05, 0) is 53.6 Å². The van der Waals surface area contributed by atoms with Gasteiger partial charge in [-0.25, -0.2) is 13.8 Å². The monoisotopic (exact) mass is 515 g/mol. The molecule has 0 fully saturated rings. The van der Waals surface area contributed by atoms with Crippen molar-refractivity contribution in [2.24, 2.45) is 5.10 Å². The molecule has 0 bridgehead atoms. The van der Waals surface area contributed by atoms with Crippen LogP contribution in [0.2, 0.25) is 0 Å². The van der Waals surface area contributed by atoms with Gasteiger partial charge in [0.05, 0.1) is 23.9 Å². The van der Waals surface area contributed by atoms with Crippen molar-refractivity contribution in [1.82, 2.24) is 5.43 Å². The highest BCUT2D eigenvalue weighted by Gasteiger charge is 2.18. The molecule has 4 rings (SSSR count). The minimum Gasteiger partial charge on any atom is -0.495 e. The zero-order valence-electron chi connectivity index (χ0n) is 20.0. The van der Waals surface area contributed by atoms with Crippen LogP contribution in [-0.2, 0) is 16.6 Å². The number of hydrazone groups is 1. The molecule has 4 aromatic carbocycles. The number of carbonyl (C=O) groups excluding carboxylic acids is 1. The molecule has 2 N–H and O–H groups in total. The fourth-order valence-electron chi connectivity index (χ4n) is 3.39. The van der Waals surface area contributed by atoms with Gasteiger partial charge in [-0.2, -0.15) is 5.10 Å². The number of methoxy groups -OCH3 is 1. The third kappa shape index (κ3) is 6.96. The molecule has 0 saturated heterocycles. The maximum Gasteiger partial charge on any atom is 0.271 e. The molecule has 188 valence electrons. The standard InChI is InChI=1S/C28H25N3O5S/c1-35-27-16-6-5-15-26(27)31-37(33,34)25-14-8-12-23(18-25)28(32)30-29-19-22-11-7-13-24(17-22)36-20-21-9-3-2-4-10-21/h2-19,31H,20H2,1H3,(H,30,32)/b29-19-. The Bertz CT molecular complexity index is 1510. The first-order chi connectivity index (χ1) is 17.9. The number of sulfonamides is 1. The smallest absolute Gasteiger partial charge is 0.271 e. The van der Waals surface area contributed by atoms with Crippen molar-refractivity contribution in [2.75, 3.05) is 11.8 Å². The SMILES string of the molecule is COc1ccccc1NS(=O)(=O)c1cccc(C(=O)N/N=C\c2cccc(OCc3ccccc3)c2)c1. The topological polar surface area (TPSA) is 106 Å². The summed E-state index contributed by atoms with van der Waals surface area (Å²) in [4.78, 5) is 12.5. The maximum absolute atomic E-state index is 12.9. The third-order valence-electron chi connectivity index (χ3n) is 5.24. The van der Waals surface area contributed by atoms with Crippen LogP contribution >= 0.6 is 0 Å². The van der Waals surface area contributed by atoms with E-state index in [0.717, 1.165) is 11.1 Å². The lowest BCUT2D eigenvalue weighted by atomic mass is 10.2. The van der Waals surface area contributed by atoms with Gasteiger partial charge in [0.1, 0.15) is 18.1 Å². The van der Waals surface area contributed by atoms with Gasteiger partial charge in [-0.15, -0.1) is 0 Å². The highest BCUT2D eigenvalue weighted by molar-refractivity contribution is 7.92. The van der Waals surface area contributed by atoms with E-state index in [1.165, 1.54) is 37.6 Å². The Hall–Kier alpha value is -4.63. The molecule has 0 aliphatic carbocycles. The fraction of sp³-hybridized carbons (Fsp3) is 0.0714.